The van der Waals surface area contributed by atoms with Crippen LogP contribution in [-0.2, 0) is 10.0 Å². The second-order valence-electron chi connectivity index (χ2n) is 4.74. The highest BCUT2D eigenvalue weighted by Gasteiger charge is 2.37. The second kappa shape index (κ2) is 5.24. The molecule has 1 fully saturated rings. The first kappa shape index (κ1) is 13.9. The lowest BCUT2D eigenvalue weighted by molar-refractivity contribution is 0.193. The molecule has 0 bridgehead atoms. The van der Waals surface area contributed by atoms with Gasteiger partial charge in [-0.25, -0.2) is 13.4 Å². The summed E-state index contributed by atoms with van der Waals surface area (Å²) in [5.41, 5.74) is 5.75. The normalized spacial score (nSPS) is 26.4. The van der Waals surface area contributed by atoms with Gasteiger partial charge >= 0.3 is 0 Å². The van der Waals surface area contributed by atoms with Crippen LogP contribution in [0.5, 0.6) is 0 Å². The summed E-state index contributed by atoms with van der Waals surface area (Å²) in [5, 5.41) is 0.767. The molecule has 0 radical (unpaired) electrons. The largest absolute Gasteiger partial charge is 0.329 e. The summed E-state index contributed by atoms with van der Waals surface area (Å²) in [6, 6.07) is -0.0915. The fourth-order valence-corrected chi connectivity index (χ4v) is 5.45. The van der Waals surface area contributed by atoms with Gasteiger partial charge in [0, 0.05) is 19.1 Å². The Labute approximate surface area is 112 Å². The summed E-state index contributed by atoms with van der Waals surface area (Å²) in [7, 11) is -3.43. The Hall–Kier alpha value is -0.500. The van der Waals surface area contributed by atoms with Crippen molar-refractivity contribution in [2.24, 2.45) is 11.7 Å². The maximum atomic E-state index is 12.6. The Morgan fingerprint density at radius 1 is 1.61 bits per heavy atom. The predicted molar refractivity (Wildman–Crippen MR) is 72.0 cm³/mol. The standard InChI is InChI=1S/C11H19N3O2S2/c1-8-4-3-5-14(10(8)6-12)18(15,16)11-7-13-9(2)17-11/h7-8,10H,3-6,12H2,1-2H3. The molecular formula is C11H19N3O2S2. The molecule has 0 amide bonds. The average molecular weight is 289 g/mol. The van der Waals surface area contributed by atoms with E-state index >= 15 is 0 Å². The van der Waals surface area contributed by atoms with Gasteiger partial charge in [0.25, 0.3) is 10.0 Å². The van der Waals surface area contributed by atoms with Crippen molar-refractivity contribution in [3.63, 3.8) is 0 Å². The molecule has 1 aliphatic heterocycles. The lowest BCUT2D eigenvalue weighted by atomic mass is 9.93. The number of sulfonamides is 1. The topological polar surface area (TPSA) is 76.3 Å². The highest BCUT2D eigenvalue weighted by molar-refractivity contribution is 7.91. The molecule has 0 aromatic carbocycles. The molecule has 2 heterocycles. The molecule has 18 heavy (non-hydrogen) atoms. The molecular weight excluding hydrogens is 270 g/mol. The van der Waals surface area contributed by atoms with Crippen LogP contribution in [0.15, 0.2) is 10.4 Å². The summed E-state index contributed by atoms with van der Waals surface area (Å²) in [6.45, 7) is 4.81. The fraction of sp³-hybridized carbons (Fsp3) is 0.727. The van der Waals surface area contributed by atoms with Crippen LogP contribution < -0.4 is 5.73 Å². The number of nitrogens with two attached hydrogens (primary N) is 1. The third-order valence-electron chi connectivity index (χ3n) is 3.47. The van der Waals surface area contributed by atoms with Gasteiger partial charge in [0.1, 0.15) is 0 Å². The Kier molecular flexibility index (Phi) is 4.05. The van der Waals surface area contributed by atoms with E-state index in [9.17, 15) is 8.42 Å². The molecule has 0 saturated carbocycles. The quantitative estimate of drug-likeness (QED) is 0.907. The third kappa shape index (κ3) is 2.45. The number of nitrogens with zero attached hydrogens (tertiary/aromatic N) is 2. The first-order valence-corrected chi connectivity index (χ1v) is 8.37. The van der Waals surface area contributed by atoms with E-state index in [-0.39, 0.29) is 6.04 Å². The second-order valence-corrected chi connectivity index (χ2v) is 8.09. The lowest BCUT2D eigenvalue weighted by Gasteiger charge is -2.37. The number of piperidine rings is 1. The van der Waals surface area contributed by atoms with Crippen molar-refractivity contribution < 1.29 is 8.42 Å². The van der Waals surface area contributed by atoms with E-state index in [1.165, 1.54) is 17.5 Å². The molecule has 102 valence electrons. The van der Waals surface area contributed by atoms with E-state index in [1.807, 2.05) is 6.92 Å². The molecule has 2 rings (SSSR count). The molecule has 2 atom stereocenters. The zero-order chi connectivity index (χ0) is 13.3. The molecule has 2 unspecified atom stereocenters. The number of rotatable bonds is 3. The van der Waals surface area contributed by atoms with E-state index in [2.05, 4.69) is 11.9 Å². The van der Waals surface area contributed by atoms with Crippen LogP contribution in [0.25, 0.3) is 0 Å². The van der Waals surface area contributed by atoms with Crippen LogP contribution in [0.1, 0.15) is 24.8 Å². The Balaban J connectivity index is 2.34. The number of hydrogen-bond donors (Lipinski definition) is 1. The summed E-state index contributed by atoms with van der Waals surface area (Å²) >= 11 is 1.22. The smallest absolute Gasteiger partial charge is 0.254 e. The minimum Gasteiger partial charge on any atom is -0.329 e. The fourth-order valence-electron chi connectivity index (χ4n) is 2.44. The Morgan fingerprint density at radius 2 is 2.33 bits per heavy atom. The van der Waals surface area contributed by atoms with Crippen LogP contribution >= 0.6 is 11.3 Å². The van der Waals surface area contributed by atoms with E-state index in [1.54, 1.807) is 4.31 Å². The lowest BCUT2D eigenvalue weighted by Crippen LogP contribution is -2.51. The maximum Gasteiger partial charge on any atom is 0.254 e. The third-order valence-corrected chi connectivity index (χ3v) is 6.74. The van der Waals surface area contributed by atoms with Crippen molar-refractivity contribution in [1.82, 2.24) is 9.29 Å². The zero-order valence-electron chi connectivity index (χ0n) is 10.7. The van der Waals surface area contributed by atoms with E-state index in [4.69, 9.17) is 5.73 Å². The molecule has 7 heteroatoms. The Bertz CT molecular complexity index is 512. The molecule has 1 saturated heterocycles. The highest BCUT2D eigenvalue weighted by atomic mass is 32.2. The first-order valence-electron chi connectivity index (χ1n) is 6.11. The van der Waals surface area contributed by atoms with Crippen LogP contribution in [0.2, 0.25) is 0 Å². The van der Waals surface area contributed by atoms with E-state index < -0.39 is 10.0 Å². The maximum absolute atomic E-state index is 12.6. The van der Waals surface area contributed by atoms with Gasteiger partial charge in [0.15, 0.2) is 4.21 Å². The summed E-state index contributed by atoms with van der Waals surface area (Å²) in [4.78, 5) is 4.03. The highest BCUT2D eigenvalue weighted by Crippen LogP contribution is 2.30. The van der Waals surface area contributed by atoms with Crippen LogP contribution in [0.4, 0.5) is 0 Å². The van der Waals surface area contributed by atoms with Gasteiger partial charge in [0.05, 0.1) is 11.2 Å². The minimum atomic E-state index is -3.43. The van der Waals surface area contributed by atoms with Crippen molar-refractivity contribution in [1.29, 1.82) is 0 Å². The van der Waals surface area contributed by atoms with Crippen molar-refractivity contribution in [2.45, 2.75) is 36.9 Å². The van der Waals surface area contributed by atoms with E-state index in [0.29, 0.717) is 23.2 Å². The molecule has 0 spiro atoms. The molecule has 5 nitrogen and oxygen atoms in total. The predicted octanol–water partition coefficient (Wildman–Crippen LogP) is 1.20. The van der Waals surface area contributed by atoms with Gasteiger partial charge in [-0.15, -0.1) is 11.3 Å². The molecule has 1 aliphatic rings. The number of aryl methyl sites for hydroxylation is 1. The van der Waals surface area contributed by atoms with E-state index in [0.717, 1.165) is 17.8 Å². The molecule has 0 aliphatic carbocycles. The van der Waals surface area contributed by atoms with Gasteiger partial charge in [-0.2, -0.15) is 4.31 Å². The average Bonchev–Trinajstić information content (AvgIpc) is 2.76. The minimum absolute atomic E-state index is 0.0915. The first-order chi connectivity index (χ1) is 8.46. The zero-order valence-corrected chi connectivity index (χ0v) is 12.3. The summed E-state index contributed by atoms with van der Waals surface area (Å²) < 4.78 is 27.0. The van der Waals surface area contributed by atoms with Crippen molar-refractivity contribution >= 4 is 21.4 Å². The van der Waals surface area contributed by atoms with Gasteiger partial charge in [-0.3, -0.25) is 0 Å². The van der Waals surface area contributed by atoms with Crippen LogP contribution in [0, 0.1) is 12.8 Å². The van der Waals surface area contributed by atoms with Crippen LogP contribution in [0.3, 0.4) is 0 Å². The molecule has 1 aromatic rings. The number of aromatic nitrogens is 1. The number of hydrogen-bond acceptors (Lipinski definition) is 5. The monoisotopic (exact) mass is 289 g/mol. The van der Waals surface area contributed by atoms with Gasteiger partial charge in [-0.05, 0) is 25.7 Å². The van der Waals surface area contributed by atoms with Gasteiger partial charge < -0.3 is 5.73 Å². The summed E-state index contributed by atoms with van der Waals surface area (Å²) in [5.74, 6) is 0.313. The van der Waals surface area contributed by atoms with Gasteiger partial charge in [-0.1, -0.05) is 6.92 Å². The molecule has 2 N–H and O–H groups in total. The van der Waals surface area contributed by atoms with Crippen molar-refractivity contribution in [3.8, 4) is 0 Å². The summed E-state index contributed by atoms with van der Waals surface area (Å²) in [6.07, 6.45) is 3.38. The van der Waals surface area contributed by atoms with Crippen LogP contribution in [-0.4, -0.2) is 36.8 Å². The van der Waals surface area contributed by atoms with Gasteiger partial charge in [0.2, 0.25) is 0 Å². The number of thiazole rings is 1. The molecule has 1 aromatic heterocycles. The van der Waals surface area contributed by atoms with Crippen molar-refractivity contribution in [2.75, 3.05) is 13.1 Å². The van der Waals surface area contributed by atoms with Crippen molar-refractivity contribution in [3.05, 3.63) is 11.2 Å². The Morgan fingerprint density at radius 3 is 2.89 bits per heavy atom. The SMILES string of the molecule is Cc1ncc(S(=O)(=O)N2CCCC(C)C2CN)s1.